The molecule has 2 fully saturated rings. The molecule has 1 aliphatic heterocycles. The number of fused-ring (bicyclic) bond motifs is 1. The van der Waals surface area contributed by atoms with Crippen LogP contribution >= 0.6 is 11.6 Å². The summed E-state index contributed by atoms with van der Waals surface area (Å²) < 4.78 is 0. The second-order valence-electron chi connectivity index (χ2n) is 6.43. The third-order valence-corrected chi connectivity index (χ3v) is 5.18. The lowest BCUT2D eigenvalue weighted by molar-refractivity contribution is -0.140. The molecule has 25 heavy (non-hydrogen) atoms. The fourth-order valence-corrected chi connectivity index (χ4v) is 3.79. The molecule has 7 heteroatoms. The van der Waals surface area contributed by atoms with Crippen molar-refractivity contribution in [3.05, 3.63) is 28.8 Å². The smallest absolute Gasteiger partial charge is 0.233 e. The van der Waals surface area contributed by atoms with E-state index in [2.05, 4.69) is 5.32 Å². The van der Waals surface area contributed by atoms with E-state index in [1.54, 1.807) is 6.07 Å². The number of nitriles is 1. The largest absolute Gasteiger partial charge is 0.326 e. The highest BCUT2D eigenvalue weighted by Crippen LogP contribution is 2.38. The van der Waals surface area contributed by atoms with Gasteiger partial charge in [0.1, 0.15) is 6.07 Å². The standard InChI is InChI=1S/C18H18ClN3O3/c19-15-9-12(6-5-11(15)10-20)21-16(23)7-8-22-17(24)13-3-1-2-4-14(13)18(22)25/h5-6,9,13-14H,1-4,7-8H2,(H,21,23). The molecule has 2 atom stereocenters. The molecular weight excluding hydrogens is 342 g/mol. The SMILES string of the molecule is N#Cc1ccc(NC(=O)CCN2C(=O)C3CCCCC3C2=O)cc1Cl. The van der Waals surface area contributed by atoms with E-state index in [0.29, 0.717) is 11.3 Å². The summed E-state index contributed by atoms with van der Waals surface area (Å²) in [6.45, 7) is 0.0977. The summed E-state index contributed by atoms with van der Waals surface area (Å²) in [6.07, 6.45) is 3.53. The summed E-state index contributed by atoms with van der Waals surface area (Å²) >= 11 is 5.93. The topological polar surface area (TPSA) is 90.3 Å². The van der Waals surface area contributed by atoms with Crippen LogP contribution in [0, 0.1) is 23.2 Å². The molecule has 0 radical (unpaired) electrons. The third kappa shape index (κ3) is 3.52. The van der Waals surface area contributed by atoms with Gasteiger partial charge in [-0.25, -0.2) is 0 Å². The summed E-state index contributed by atoms with van der Waals surface area (Å²) in [6, 6.07) is 6.55. The molecule has 0 bridgehead atoms. The Labute approximate surface area is 150 Å². The minimum Gasteiger partial charge on any atom is -0.326 e. The van der Waals surface area contributed by atoms with Crippen molar-refractivity contribution < 1.29 is 14.4 Å². The predicted molar refractivity (Wildman–Crippen MR) is 91.6 cm³/mol. The van der Waals surface area contributed by atoms with E-state index < -0.39 is 0 Å². The number of hydrogen-bond acceptors (Lipinski definition) is 4. The second-order valence-corrected chi connectivity index (χ2v) is 6.84. The van der Waals surface area contributed by atoms with Crippen molar-refractivity contribution in [2.75, 3.05) is 11.9 Å². The number of likely N-dealkylation sites (tertiary alicyclic amines) is 1. The first kappa shape index (κ1) is 17.4. The van der Waals surface area contributed by atoms with Gasteiger partial charge in [-0.15, -0.1) is 0 Å². The Balaban J connectivity index is 1.57. The molecule has 1 aromatic carbocycles. The molecule has 6 nitrogen and oxygen atoms in total. The summed E-state index contributed by atoms with van der Waals surface area (Å²) in [7, 11) is 0. The first-order chi connectivity index (χ1) is 12.0. The molecule has 0 spiro atoms. The minimum absolute atomic E-state index is 0.0363. The van der Waals surface area contributed by atoms with Gasteiger partial charge in [-0.05, 0) is 31.0 Å². The van der Waals surface area contributed by atoms with Gasteiger partial charge in [0.25, 0.3) is 0 Å². The summed E-state index contributed by atoms with van der Waals surface area (Å²) in [4.78, 5) is 38.1. The van der Waals surface area contributed by atoms with E-state index in [4.69, 9.17) is 16.9 Å². The highest BCUT2D eigenvalue weighted by molar-refractivity contribution is 6.32. The van der Waals surface area contributed by atoms with Gasteiger partial charge in [-0.1, -0.05) is 24.4 Å². The number of nitrogens with zero attached hydrogens (tertiary/aromatic N) is 2. The number of hydrogen-bond donors (Lipinski definition) is 1. The molecule has 1 saturated heterocycles. The van der Waals surface area contributed by atoms with Crippen LogP contribution in [0.2, 0.25) is 5.02 Å². The number of amides is 3. The zero-order chi connectivity index (χ0) is 18.0. The molecule has 2 unspecified atom stereocenters. The van der Waals surface area contributed by atoms with Crippen molar-refractivity contribution in [2.24, 2.45) is 11.8 Å². The first-order valence-electron chi connectivity index (χ1n) is 8.36. The van der Waals surface area contributed by atoms with E-state index in [0.717, 1.165) is 25.7 Å². The number of anilines is 1. The van der Waals surface area contributed by atoms with E-state index >= 15 is 0 Å². The summed E-state index contributed by atoms with van der Waals surface area (Å²) in [5, 5.41) is 11.8. The van der Waals surface area contributed by atoms with Crippen LogP contribution in [0.4, 0.5) is 5.69 Å². The monoisotopic (exact) mass is 359 g/mol. The Morgan fingerprint density at radius 2 is 1.88 bits per heavy atom. The van der Waals surface area contributed by atoms with Crippen molar-refractivity contribution in [1.82, 2.24) is 4.90 Å². The van der Waals surface area contributed by atoms with Crippen LogP contribution in [-0.2, 0) is 14.4 Å². The van der Waals surface area contributed by atoms with Crippen LogP contribution < -0.4 is 5.32 Å². The van der Waals surface area contributed by atoms with Gasteiger partial charge >= 0.3 is 0 Å². The maximum absolute atomic E-state index is 12.4. The zero-order valence-electron chi connectivity index (χ0n) is 13.6. The Kier molecular flexibility index (Phi) is 5.05. The van der Waals surface area contributed by atoms with Gasteiger partial charge < -0.3 is 5.32 Å². The number of halogens is 1. The minimum atomic E-state index is -0.309. The zero-order valence-corrected chi connectivity index (χ0v) is 14.4. The lowest BCUT2D eigenvalue weighted by Gasteiger charge is -2.19. The summed E-state index contributed by atoms with van der Waals surface area (Å²) in [5.74, 6) is -0.965. The van der Waals surface area contributed by atoms with Crippen molar-refractivity contribution in [1.29, 1.82) is 5.26 Å². The van der Waals surface area contributed by atoms with Crippen molar-refractivity contribution in [3.8, 4) is 6.07 Å². The Morgan fingerprint density at radius 1 is 1.24 bits per heavy atom. The molecule has 2 aliphatic rings. The number of imide groups is 1. The van der Waals surface area contributed by atoms with Crippen LogP contribution in [0.15, 0.2) is 18.2 Å². The number of benzene rings is 1. The third-order valence-electron chi connectivity index (χ3n) is 4.87. The second kappa shape index (κ2) is 7.24. The van der Waals surface area contributed by atoms with E-state index in [1.165, 1.54) is 17.0 Å². The maximum atomic E-state index is 12.4. The fourth-order valence-electron chi connectivity index (χ4n) is 3.57. The van der Waals surface area contributed by atoms with E-state index in [1.807, 2.05) is 6.07 Å². The van der Waals surface area contributed by atoms with Crippen molar-refractivity contribution >= 4 is 35.0 Å². The fraction of sp³-hybridized carbons (Fsp3) is 0.444. The number of rotatable bonds is 4. The van der Waals surface area contributed by atoms with Crippen LogP contribution in [-0.4, -0.2) is 29.2 Å². The van der Waals surface area contributed by atoms with E-state index in [9.17, 15) is 14.4 Å². The summed E-state index contributed by atoms with van der Waals surface area (Å²) in [5.41, 5.74) is 0.803. The van der Waals surface area contributed by atoms with Gasteiger partial charge in [-0.2, -0.15) is 5.26 Å². The average molecular weight is 360 g/mol. The molecule has 1 aliphatic carbocycles. The molecule has 1 heterocycles. The molecule has 1 N–H and O–H groups in total. The van der Waals surface area contributed by atoms with Crippen LogP contribution in [0.1, 0.15) is 37.7 Å². The first-order valence-corrected chi connectivity index (χ1v) is 8.74. The lowest BCUT2D eigenvalue weighted by atomic mass is 9.81. The molecule has 3 rings (SSSR count). The predicted octanol–water partition coefficient (Wildman–Crippen LogP) is 2.72. The molecule has 1 saturated carbocycles. The normalized spacial score (nSPS) is 22.5. The highest BCUT2D eigenvalue weighted by atomic mass is 35.5. The van der Waals surface area contributed by atoms with Crippen molar-refractivity contribution in [3.63, 3.8) is 0 Å². The van der Waals surface area contributed by atoms with Crippen LogP contribution in [0.3, 0.4) is 0 Å². The highest BCUT2D eigenvalue weighted by Gasteiger charge is 2.47. The van der Waals surface area contributed by atoms with E-state index in [-0.39, 0.29) is 47.5 Å². The number of nitrogens with one attached hydrogen (secondary N) is 1. The van der Waals surface area contributed by atoms with Gasteiger partial charge in [-0.3, -0.25) is 19.3 Å². The average Bonchev–Trinajstić information content (AvgIpc) is 2.85. The Bertz CT molecular complexity index is 747. The van der Waals surface area contributed by atoms with Crippen molar-refractivity contribution in [2.45, 2.75) is 32.1 Å². The van der Waals surface area contributed by atoms with Crippen LogP contribution in [0.25, 0.3) is 0 Å². The molecule has 3 amide bonds. The molecule has 1 aromatic rings. The molecule has 0 aromatic heterocycles. The lowest BCUT2D eigenvalue weighted by Crippen LogP contribution is -2.34. The Hall–Kier alpha value is -2.39. The van der Waals surface area contributed by atoms with Gasteiger partial charge in [0.05, 0.1) is 22.4 Å². The number of carbonyl (C=O) groups is 3. The number of carbonyl (C=O) groups excluding carboxylic acids is 3. The van der Waals surface area contributed by atoms with Crippen LogP contribution in [0.5, 0.6) is 0 Å². The molecular formula is C18H18ClN3O3. The Morgan fingerprint density at radius 3 is 2.44 bits per heavy atom. The molecule has 130 valence electrons. The van der Waals surface area contributed by atoms with Gasteiger partial charge in [0.2, 0.25) is 17.7 Å². The maximum Gasteiger partial charge on any atom is 0.233 e. The quantitative estimate of drug-likeness (QED) is 0.837. The van der Waals surface area contributed by atoms with Gasteiger partial charge in [0, 0.05) is 18.7 Å². The van der Waals surface area contributed by atoms with Gasteiger partial charge in [0.15, 0.2) is 0 Å².